The number of fused-ring (bicyclic) bond motifs is 2. The molecular formula is C23H25FN4O4S. The highest BCUT2D eigenvalue weighted by Gasteiger charge is 2.48. The van der Waals surface area contributed by atoms with Crippen LogP contribution in [0.4, 0.5) is 21.6 Å². The second-order valence-electron chi connectivity index (χ2n) is 8.33. The molecule has 2 N–H and O–H groups in total. The van der Waals surface area contributed by atoms with Crippen molar-refractivity contribution < 1.29 is 23.7 Å². The van der Waals surface area contributed by atoms with E-state index in [2.05, 4.69) is 32.2 Å². The highest BCUT2D eigenvalue weighted by Crippen LogP contribution is 2.36. The molecule has 2 aromatic carbocycles. The molecule has 2 aliphatic heterocycles. The van der Waals surface area contributed by atoms with Crippen molar-refractivity contribution in [3.05, 3.63) is 48.0 Å². The van der Waals surface area contributed by atoms with Gasteiger partial charge in [-0.05, 0) is 49.3 Å². The molecule has 0 saturated carbocycles. The number of hydrogen-bond donors (Lipinski definition) is 2. The van der Waals surface area contributed by atoms with Gasteiger partial charge in [-0.1, -0.05) is 0 Å². The summed E-state index contributed by atoms with van der Waals surface area (Å²) < 4.78 is 36.1. The number of benzene rings is 2. The van der Waals surface area contributed by atoms with Crippen LogP contribution >= 0.6 is 0 Å². The average Bonchev–Trinajstić information content (AvgIpc) is 3.32. The second-order valence-corrected chi connectivity index (χ2v) is 10.1. The van der Waals surface area contributed by atoms with Crippen LogP contribution in [0.3, 0.4) is 0 Å². The molecule has 3 heterocycles. The minimum Gasteiger partial charge on any atom is -0.483 e. The maximum absolute atomic E-state index is 14.1. The molecule has 174 valence electrons. The number of aliphatic hydroxyl groups excluding tert-OH is 1. The van der Waals surface area contributed by atoms with Gasteiger partial charge in [0.05, 0.1) is 30.1 Å². The Morgan fingerprint density at radius 3 is 2.79 bits per heavy atom. The fourth-order valence-corrected chi connectivity index (χ4v) is 4.79. The van der Waals surface area contributed by atoms with Crippen LogP contribution < -0.4 is 10.1 Å². The van der Waals surface area contributed by atoms with Gasteiger partial charge in [-0.2, -0.15) is 0 Å². The Morgan fingerprint density at radius 1 is 1.15 bits per heavy atom. The molecule has 4 atom stereocenters. The highest BCUT2D eigenvalue weighted by atomic mass is 32.2. The highest BCUT2D eigenvalue weighted by molar-refractivity contribution is 7.85. The molecule has 2 fully saturated rings. The van der Waals surface area contributed by atoms with Crippen molar-refractivity contribution in [3.8, 4) is 5.75 Å². The summed E-state index contributed by atoms with van der Waals surface area (Å²) in [5, 5.41) is 14.1. The summed E-state index contributed by atoms with van der Waals surface area (Å²) in [7, 11) is -0.0891. The van der Waals surface area contributed by atoms with Gasteiger partial charge >= 0.3 is 0 Å². The van der Waals surface area contributed by atoms with Gasteiger partial charge < -0.3 is 24.6 Å². The predicted molar refractivity (Wildman–Crippen MR) is 125 cm³/mol. The number of nitrogens with one attached hydrogen (secondary N) is 1. The van der Waals surface area contributed by atoms with Gasteiger partial charge in [-0.15, -0.1) is 10.7 Å². The number of halogens is 1. The van der Waals surface area contributed by atoms with E-state index in [-0.39, 0.29) is 23.9 Å². The Bertz CT molecular complexity index is 1240. The Hall–Kier alpha value is -2.66. The van der Waals surface area contributed by atoms with E-state index in [0.29, 0.717) is 17.3 Å². The molecule has 0 radical (unpaired) electrons. The molecule has 0 amide bonds. The Balaban J connectivity index is 1.47. The molecule has 0 aliphatic carbocycles. The minimum atomic E-state index is -0.683. The zero-order chi connectivity index (χ0) is 23.1. The van der Waals surface area contributed by atoms with Crippen molar-refractivity contribution in [2.45, 2.75) is 31.3 Å². The Kier molecular flexibility index (Phi) is 6.00. The normalized spacial score (nSPS) is 24.3. The first-order valence-corrected chi connectivity index (χ1v) is 12.6. The molecule has 0 bridgehead atoms. The lowest BCUT2D eigenvalue weighted by atomic mass is 10.1. The minimum absolute atomic E-state index is 0.0891. The smallest absolute Gasteiger partial charge is 0.151 e. The van der Waals surface area contributed by atoms with Crippen LogP contribution in [0, 0.1) is 12.7 Å². The third-order valence-corrected chi connectivity index (χ3v) is 6.24. The van der Waals surface area contributed by atoms with E-state index in [1.165, 1.54) is 18.5 Å². The standard InChI is InChI=1S/C23H25FN4O4S/c1-12-6-14(28-33(2)3)8-16-20(12)23(26-11-25-16)27-15-5-4-13(24)7-18(15)32-19-10-31-21-17(29)9-30-22(19)21/h4-8,11,17,19,21-22,29H,9-10H2,1-3H3,(H,25,26,27)/t17?,19-,21?,22?/m1/s1. The van der Waals surface area contributed by atoms with Gasteiger partial charge in [-0.25, -0.2) is 18.7 Å². The molecule has 2 aliphatic rings. The van der Waals surface area contributed by atoms with Crippen LogP contribution in [0.25, 0.3) is 10.9 Å². The van der Waals surface area contributed by atoms with E-state index in [4.69, 9.17) is 14.2 Å². The number of aryl methyl sites for hydroxylation is 1. The molecule has 10 heteroatoms. The molecule has 0 spiro atoms. The summed E-state index contributed by atoms with van der Waals surface area (Å²) in [6, 6.07) is 8.22. The fraction of sp³-hybridized carbons (Fsp3) is 0.391. The summed E-state index contributed by atoms with van der Waals surface area (Å²) in [6.07, 6.45) is 3.62. The first-order chi connectivity index (χ1) is 15.9. The van der Waals surface area contributed by atoms with Crippen molar-refractivity contribution in [1.82, 2.24) is 9.97 Å². The lowest BCUT2D eigenvalue weighted by molar-refractivity contribution is 0.00871. The van der Waals surface area contributed by atoms with Crippen LogP contribution in [-0.2, 0) is 20.2 Å². The molecule has 5 rings (SSSR count). The number of aliphatic hydroxyl groups is 1. The van der Waals surface area contributed by atoms with Crippen LogP contribution in [0.1, 0.15) is 5.56 Å². The van der Waals surface area contributed by atoms with Crippen LogP contribution in [0.2, 0.25) is 0 Å². The SMILES string of the molecule is Cc1cc(N=S(C)C)cc2ncnc(Nc3ccc(F)cc3O[C@@H]3COC4C(O)COC43)c12. The van der Waals surface area contributed by atoms with Crippen LogP contribution in [0.5, 0.6) is 5.75 Å². The monoisotopic (exact) mass is 472 g/mol. The van der Waals surface area contributed by atoms with E-state index in [1.807, 2.05) is 19.1 Å². The third-order valence-electron chi connectivity index (χ3n) is 5.66. The molecule has 3 unspecified atom stereocenters. The topological polar surface area (TPSA) is 98.1 Å². The number of rotatable bonds is 5. The summed E-state index contributed by atoms with van der Waals surface area (Å²) >= 11 is 0. The zero-order valence-corrected chi connectivity index (χ0v) is 19.3. The number of nitrogens with zero attached hydrogens (tertiary/aromatic N) is 3. The zero-order valence-electron chi connectivity index (χ0n) is 18.5. The number of hydrogen-bond acceptors (Lipinski definition) is 8. The van der Waals surface area contributed by atoms with Crippen molar-refractivity contribution in [1.29, 1.82) is 0 Å². The summed E-state index contributed by atoms with van der Waals surface area (Å²) in [5.41, 5.74) is 3.17. The third kappa shape index (κ3) is 4.43. The molecule has 3 aromatic rings. The van der Waals surface area contributed by atoms with Gasteiger partial charge in [-0.3, -0.25) is 0 Å². The maximum Gasteiger partial charge on any atom is 0.151 e. The Morgan fingerprint density at radius 2 is 1.97 bits per heavy atom. The first-order valence-electron chi connectivity index (χ1n) is 10.6. The number of ether oxygens (including phenoxy) is 3. The summed E-state index contributed by atoms with van der Waals surface area (Å²) in [4.78, 5) is 8.85. The van der Waals surface area contributed by atoms with E-state index in [9.17, 15) is 9.50 Å². The van der Waals surface area contributed by atoms with E-state index < -0.39 is 30.2 Å². The summed E-state index contributed by atoms with van der Waals surface area (Å²) in [6.45, 7) is 2.43. The lowest BCUT2D eigenvalue weighted by Crippen LogP contribution is -2.34. The molecule has 33 heavy (non-hydrogen) atoms. The first kappa shape index (κ1) is 22.1. The van der Waals surface area contributed by atoms with Gasteiger partial charge in [0.25, 0.3) is 0 Å². The largest absolute Gasteiger partial charge is 0.483 e. The van der Waals surface area contributed by atoms with Gasteiger partial charge in [0.2, 0.25) is 0 Å². The fourth-order valence-electron chi connectivity index (χ4n) is 4.26. The van der Waals surface area contributed by atoms with E-state index >= 15 is 0 Å². The van der Waals surface area contributed by atoms with Gasteiger partial charge in [0.1, 0.15) is 42.0 Å². The quantitative estimate of drug-likeness (QED) is 0.587. The van der Waals surface area contributed by atoms with Gasteiger partial charge in [0.15, 0.2) is 6.10 Å². The predicted octanol–water partition coefficient (Wildman–Crippen LogP) is 3.42. The van der Waals surface area contributed by atoms with Gasteiger partial charge in [0, 0.05) is 11.5 Å². The van der Waals surface area contributed by atoms with Crippen LogP contribution in [-0.4, -0.2) is 65.2 Å². The van der Waals surface area contributed by atoms with E-state index in [0.717, 1.165) is 22.2 Å². The van der Waals surface area contributed by atoms with Crippen molar-refractivity contribution in [2.24, 2.45) is 4.36 Å². The summed E-state index contributed by atoms with van der Waals surface area (Å²) in [5.74, 6) is 0.467. The number of anilines is 2. The average molecular weight is 473 g/mol. The molecular weight excluding hydrogens is 447 g/mol. The maximum atomic E-state index is 14.1. The molecule has 8 nitrogen and oxygen atoms in total. The Labute approximate surface area is 193 Å². The van der Waals surface area contributed by atoms with Crippen molar-refractivity contribution in [2.75, 3.05) is 31.0 Å². The number of aromatic nitrogens is 2. The van der Waals surface area contributed by atoms with Crippen LogP contribution in [0.15, 0.2) is 41.0 Å². The molecule has 2 saturated heterocycles. The van der Waals surface area contributed by atoms with Crippen molar-refractivity contribution >= 4 is 38.8 Å². The second kappa shape index (κ2) is 8.94. The molecule has 1 aromatic heterocycles. The van der Waals surface area contributed by atoms with E-state index in [1.54, 1.807) is 6.07 Å². The van der Waals surface area contributed by atoms with Crippen molar-refractivity contribution in [3.63, 3.8) is 0 Å². The lowest BCUT2D eigenvalue weighted by Gasteiger charge is -2.21.